The van der Waals surface area contributed by atoms with Gasteiger partial charge in [-0.2, -0.15) is 0 Å². The maximum atomic E-state index is 3.75. The summed E-state index contributed by atoms with van der Waals surface area (Å²) in [4.78, 5) is 3.66. The maximum Gasteiger partial charge on any atom is 0.0478 e. The molecule has 4 rings (SSSR count). The Morgan fingerprint density at radius 1 is 1.22 bits per heavy atom. The van der Waals surface area contributed by atoms with E-state index in [4.69, 9.17) is 0 Å². The molecule has 0 amide bonds. The number of rotatable bonds is 3. The van der Waals surface area contributed by atoms with E-state index in [1.165, 1.54) is 52.5 Å². The lowest BCUT2D eigenvalue weighted by molar-refractivity contribution is 0.452. The molecule has 0 saturated heterocycles. The van der Waals surface area contributed by atoms with E-state index >= 15 is 0 Å². The molecule has 1 unspecified atom stereocenters. The number of hydrogen-bond acceptors (Lipinski definition) is 1. The van der Waals surface area contributed by atoms with Crippen LogP contribution in [0.2, 0.25) is 0 Å². The highest BCUT2D eigenvalue weighted by Crippen LogP contribution is 2.35. The van der Waals surface area contributed by atoms with Crippen molar-refractivity contribution in [1.29, 1.82) is 0 Å². The van der Waals surface area contributed by atoms with Gasteiger partial charge in [0.1, 0.15) is 0 Å². The van der Waals surface area contributed by atoms with Crippen LogP contribution in [0, 0.1) is 6.92 Å². The molecule has 0 spiro atoms. The van der Waals surface area contributed by atoms with Crippen LogP contribution in [0.25, 0.3) is 10.9 Å². The van der Waals surface area contributed by atoms with E-state index in [9.17, 15) is 0 Å². The number of aryl methyl sites for hydroxylation is 2. The molecule has 118 valence electrons. The maximum absolute atomic E-state index is 3.75. The van der Waals surface area contributed by atoms with E-state index in [0.29, 0.717) is 6.04 Å². The Balaban J connectivity index is 1.61. The Morgan fingerprint density at radius 3 is 3.00 bits per heavy atom. The van der Waals surface area contributed by atoms with Crippen LogP contribution >= 0.6 is 15.9 Å². The first kappa shape index (κ1) is 15.0. The van der Waals surface area contributed by atoms with Gasteiger partial charge >= 0.3 is 0 Å². The van der Waals surface area contributed by atoms with Crippen molar-refractivity contribution in [2.75, 3.05) is 0 Å². The van der Waals surface area contributed by atoms with Crippen LogP contribution in [0.5, 0.6) is 0 Å². The number of benzene rings is 2. The Labute approximate surface area is 145 Å². The summed E-state index contributed by atoms with van der Waals surface area (Å²) in [5.41, 5.74) is 6.81. The van der Waals surface area contributed by atoms with Gasteiger partial charge in [0.25, 0.3) is 0 Å². The average molecular weight is 369 g/mol. The molecule has 0 saturated carbocycles. The average Bonchev–Trinajstić information content (AvgIpc) is 2.91. The Hall–Kier alpha value is -1.58. The predicted octanol–water partition coefficient (Wildman–Crippen LogP) is 5.41. The SMILES string of the molecule is Cc1cccc(CNC2CCCc3c2[nH]c2ccc(Br)cc32)c1. The molecule has 23 heavy (non-hydrogen) atoms. The van der Waals surface area contributed by atoms with Gasteiger partial charge in [-0.25, -0.2) is 0 Å². The minimum absolute atomic E-state index is 0.422. The van der Waals surface area contributed by atoms with Crippen LogP contribution < -0.4 is 5.32 Å². The second-order valence-corrected chi connectivity index (χ2v) is 7.44. The summed E-state index contributed by atoms with van der Waals surface area (Å²) >= 11 is 3.60. The van der Waals surface area contributed by atoms with Gasteiger partial charge < -0.3 is 10.3 Å². The van der Waals surface area contributed by atoms with Gasteiger partial charge in [0.05, 0.1) is 0 Å². The molecule has 2 nitrogen and oxygen atoms in total. The number of H-pyrrole nitrogens is 1. The predicted molar refractivity (Wildman–Crippen MR) is 99.7 cm³/mol. The zero-order valence-corrected chi connectivity index (χ0v) is 14.9. The third-order valence-electron chi connectivity index (χ3n) is 4.80. The molecule has 1 aliphatic carbocycles. The first-order valence-electron chi connectivity index (χ1n) is 8.29. The van der Waals surface area contributed by atoms with Gasteiger partial charge in [0.15, 0.2) is 0 Å². The van der Waals surface area contributed by atoms with E-state index in [1.807, 2.05) is 0 Å². The number of hydrogen-bond donors (Lipinski definition) is 2. The largest absolute Gasteiger partial charge is 0.357 e. The van der Waals surface area contributed by atoms with Gasteiger partial charge in [-0.15, -0.1) is 0 Å². The molecule has 3 aromatic rings. The number of nitrogens with one attached hydrogen (secondary N) is 2. The molecule has 2 aromatic carbocycles. The Bertz CT molecular complexity index is 850. The van der Waals surface area contributed by atoms with Crippen molar-refractivity contribution in [2.45, 2.75) is 38.8 Å². The van der Waals surface area contributed by atoms with Crippen LogP contribution in [-0.4, -0.2) is 4.98 Å². The topological polar surface area (TPSA) is 27.8 Å². The van der Waals surface area contributed by atoms with Crippen molar-refractivity contribution in [2.24, 2.45) is 0 Å². The fourth-order valence-electron chi connectivity index (χ4n) is 3.70. The van der Waals surface area contributed by atoms with Crippen LogP contribution in [-0.2, 0) is 13.0 Å². The molecule has 2 N–H and O–H groups in total. The minimum Gasteiger partial charge on any atom is -0.357 e. The second-order valence-electron chi connectivity index (χ2n) is 6.52. The van der Waals surface area contributed by atoms with Gasteiger partial charge in [-0.3, -0.25) is 0 Å². The number of halogens is 1. The monoisotopic (exact) mass is 368 g/mol. The van der Waals surface area contributed by atoms with E-state index in [-0.39, 0.29) is 0 Å². The fraction of sp³-hybridized carbons (Fsp3) is 0.300. The van der Waals surface area contributed by atoms with Crippen LogP contribution in [0.1, 0.15) is 41.3 Å². The van der Waals surface area contributed by atoms with Gasteiger partial charge in [0.2, 0.25) is 0 Å². The molecule has 1 aromatic heterocycles. The molecule has 0 bridgehead atoms. The van der Waals surface area contributed by atoms with E-state index in [1.54, 1.807) is 0 Å². The van der Waals surface area contributed by atoms with Crippen molar-refractivity contribution < 1.29 is 0 Å². The molecule has 1 heterocycles. The number of fused-ring (bicyclic) bond motifs is 3. The van der Waals surface area contributed by atoms with Gasteiger partial charge in [0, 0.05) is 33.7 Å². The summed E-state index contributed by atoms with van der Waals surface area (Å²) < 4.78 is 1.15. The highest BCUT2D eigenvalue weighted by molar-refractivity contribution is 9.10. The normalized spacial score (nSPS) is 17.4. The summed E-state index contributed by atoms with van der Waals surface area (Å²) in [6.07, 6.45) is 3.62. The van der Waals surface area contributed by atoms with Crippen molar-refractivity contribution in [3.8, 4) is 0 Å². The van der Waals surface area contributed by atoms with Crippen LogP contribution in [0.4, 0.5) is 0 Å². The van der Waals surface area contributed by atoms with E-state index < -0.39 is 0 Å². The first-order valence-corrected chi connectivity index (χ1v) is 9.09. The summed E-state index contributed by atoms with van der Waals surface area (Å²) in [7, 11) is 0. The molecular weight excluding hydrogens is 348 g/mol. The highest BCUT2D eigenvalue weighted by atomic mass is 79.9. The lowest BCUT2D eigenvalue weighted by Crippen LogP contribution is -2.24. The van der Waals surface area contributed by atoms with E-state index in [2.05, 4.69) is 75.6 Å². The summed E-state index contributed by atoms with van der Waals surface area (Å²) in [5, 5.41) is 5.13. The van der Waals surface area contributed by atoms with Crippen molar-refractivity contribution >= 4 is 26.8 Å². The van der Waals surface area contributed by atoms with Crippen LogP contribution in [0.15, 0.2) is 46.9 Å². The molecule has 0 radical (unpaired) electrons. The highest BCUT2D eigenvalue weighted by Gasteiger charge is 2.23. The molecule has 1 atom stereocenters. The quantitative estimate of drug-likeness (QED) is 0.635. The zero-order chi connectivity index (χ0) is 15.8. The third kappa shape index (κ3) is 2.96. The lowest BCUT2D eigenvalue weighted by atomic mass is 9.91. The van der Waals surface area contributed by atoms with Crippen molar-refractivity contribution in [3.05, 3.63) is 69.3 Å². The molecule has 1 aliphatic rings. The molecule has 0 fully saturated rings. The summed E-state index contributed by atoms with van der Waals surface area (Å²) in [6.45, 7) is 3.07. The Kier molecular flexibility index (Phi) is 4.00. The summed E-state index contributed by atoms with van der Waals surface area (Å²) in [5.74, 6) is 0. The van der Waals surface area contributed by atoms with Crippen molar-refractivity contribution in [1.82, 2.24) is 10.3 Å². The molecular formula is C20H21BrN2. The smallest absolute Gasteiger partial charge is 0.0478 e. The second kappa shape index (κ2) is 6.14. The third-order valence-corrected chi connectivity index (χ3v) is 5.30. The standard InChI is InChI=1S/C20H21BrN2/c1-13-4-2-5-14(10-13)12-22-19-7-3-6-16-17-11-15(21)8-9-18(17)23-20(16)19/h2,4-5,8-11,19,22-23H,3,6-7,12H2,1H3. The lowest BCUT2D eigenvalue weighted by Gasteiger charge is -2.24. The van der Waals surface area contributed by atoms with Gasteiger partial charge in [-0.05, 0) is 55.5 Å². The molecule has 0 aliphatic heterocycles. The number of aromatic amines is 1. The minimum atomic E-state index is 0.422. The van der Waals surface area contributed by atoms with Crippen LogP contribution in [0.3, 0.4) is 0 Å². The first-order chi connectivity index (χ1) is 11.2. The fourth-order valence-corrected chi connectivity index (χ4v) is 4.06. The zero-order valence-electron chi connectivity index (χ0n) is 13.3. The summed E-state index contributed by atoms with van der Waals surface area (Å²) in [6, 6.07) is 15.7. The Morgan fingerprint density at radius 2 is 2.13 bits per heavy atom. The number of aromatic nitrogens is 1. The van der Waals surface area contributed by atoms with Crippen molar-refractivity contribution in [3.63, 3.8) is 0 Å². The van der Waals surface area contributed by atoms with E-state index in [0.717, 1.165) is 11.0 Å². The van der Waals surface area contributed by atoms with Gasteiger partial charge in [-0.1, -0.05) is 45.8 Å². The molecule has 3 heteroatoms.